The normalized spacial score (nSPS) is 21.0. The Bertz CT molecular complexity index is 893. The molecule has 1 aromatic heterocycles. The van der Waals surface area contributed by atoms with Crippen LogP contribution in [0.3, 0.4) is 0 Å². The summed E-state index contributed by atoms with van der Waals surface area (Å²) in [5.74, 6) is 0.691. The van der Waals surface area contributed by atoms with Crippen LogP contribution in [0.15, 0.2) is 30.3 Å². The maximum Gasteiger partial charge on any atom is 0.407 e. The number of hydrogen-bond acceptors (Lipinski definition) is 5. The van der Waals surface area contributed by atoms with Crippen molar-refractivity contribution in [3.63, 3.8) is 0 Å². The molecule has 1 fully saturated rings. The van der Waals surface area contributed by atoms with Crippen molar-refractivity contribution in [1.82, 2.24) is 20.2 Å². The highest BCUT2D eigenvalue weighted by Gasteiger charge is 2.36. The van der Waals surface area contributed by atoms with Crippen LogP contribution in [0.2, 0.25) is 0 Å². The smallest absolute Gasteiger partial charge is 0.407 e. The van der Waals surface area contributed by atoms with E-state index in [1.54, 1.807) is 0 Å². The van der Waals surface area contributed by atoms with Gasteiger partial charge in [0.1, 0.15) is 11.9 Å². The third-order valence-corrected chi connectivity index (χ3v) is 5.75. The Morgan fingerprint density at radius 2 is 1.97 bits per heavy atom. The van der Waals surface area contributed by atoms with Crippen molar-refractivity contribution >= 4 is 39.0 Å². The number of H-pyrrole nitrogens is 1. The number of carbonyl (C=O) groups is 2. The van der Waals surface area contributed by atoms with Gasteiger partial charge in [0.2, 0.25) is 5.91 Å². The maximum atomic E-state index is 13.3. The standard InChI is InChI=1S/C22H28N4O4.2H2S/c1-29-22(28)24-16-10-5-6-13-30-14-17-19(15-8-3-2-4-9-15)25-20(23-17)18-11-7-12-26(18)21(16)27;;/h2-4,8-9,16,18H,5-7,10-14H2,1H3,(H,23,25)(H,24,28);2*1H2/t16-,18-;;/m0../s1. The van der Waals surface area contributed by atoms with Gasteiger partial charge in [-0.1, -0.05) is 30.3 Å². The number of aromatic amines is 1. The van der Waals surface area contributed by atoms with Gasteiger partial charge in [0.25, 0.3) is 0 Å². The molecule has 0 saturated carbocycles. The number of rotatable bonds is 2. The van der Waals surface area contributed by atoms with Crippen LogP contribution in [-0.2, 0) is 20.9 Å². The molecule has 0 aliphatic carbocycles. The largest absolute Gasteiger partial charge is 0.453 e. The summed E-state index contributed by atoms with van der Waals surface area (Å²) >= 11 is 0. The lowest BCUT2D eigenvalue weighted by Crippen LogP contribution is -2.48. The molecule has 2 bridgehead atoms. The van der Waals surface area contributed by atoms with Gasteiger partial charge in [-0.05, 0) is 32.1 Å². The Hall–Kier alpha value is -2.17. The molecule has 0 radical (unpaired) electrons. The quantitative estimate of drug-likeness (QED) is 0.687. The van der Waals surface area contributed by atoms with E-state index in [1.807, 2.05) is 35.2 Å². The molecular weight excluding hydrogens is 448 g/mol. The molecule has 2 amide bonds. The van der Waals surface area contributed by atoms with Gasteiger partial charge in [-0.2, -0.15) is 27.0 Å². The third kappa shape index (κ3) is 5.79. The zero-order valence-electron chi connectivity index (χ0n) is 18.2. The van der Waals surface area contributed by atoms with Crippen molar-refractivity contribution in [2.45, 2.75) is 50.8 Å². The number of nitrogens with zero attached hydrogens (tertiary/aromatic N) is 2. The molecule has 2 atom stereocenters. The Morgan fingerprint density at radius 1 is 1.19 bits per heavy atom. The number of alkyl carbamates (subject to hydrolysis) is 1. The van der Waals surface area contributed by atoms with E-state index in [0.29, 0.717) is 26.2 Å². The van der Waals surface area contributed by atoms with Crippen LogP contribution in [0.1, 0.15) is 49.7 Å². The fourth-order valence-corrected chi connectivity index (χ4v) is 4.23. The Labute approximate surface area is 202 Å². The molecule has 32 heavy (non-hydrogen) atoms. The Balaban J connectivity index is 0.00000181. The van der Waals surface area contributed by atoms with Gasteiger partial charge in [0.05, 0.1) is 31.1 Å². The van der Waals surface area contributed by atoms with Crippen molar-refractivity contribution in [3.8, 4) is 11.3 Å². The van der Waals surface area contributed by atoms with E-state index in [9.17, 15) is 9.59 Å². The van der Waals surface area contributed by atoms with Gasteiger partial charge >= 0.3 is 6.09 Å². The van der Waals surface area contributed by atoms with Gasteiger partial charge in [-0.15, -0.1) is 0 Å². The van der Waals surface area contributed by atoms with E-state index in [0.717, 1.165) is 48.5 Å². The van der Waals surface area contributed by atoms with Crippen molar-refractivity contribution in [3.05, 3.63) is 41.9 Å². The predicted octanol–water partition coefficient (Wildman–Crippen LogP) is 3.39. The molecular formula is C22H32N4O4S2. The van der Waals surface area contributed by atoms with Crippen LogP contribution in [0.25, 0.3) is 11.3 Å². The first-order valence-electron chi connectivity index (χ1n) is 10.5. The van der Waals surface area contributed by atoms with Crippen LogP contribution < -0.4 is 5.32 Å². The molecule has 2 aliphatic heterocycles. The summed E-state index contributed by atoms with van der Waals surface area (Å²) in [4.78, 5) is 35.3. The van der Waals surface area contributed by atoms with Gasteiger partial charge in [0.15, 0.2) is 0 Å². The lowest BCUT2D eigenvalue weighted by atomic mass is 10.1. The Kier molecular flexibility index (Phi) is 9.92. The molecule has 0 unspecified atom stereocenters. The number of carbonyl (C=O) groups excluding carboxylic acids is 2. The minimum absolute atomic E-state index is 0. The predicted molar refractivity (Wildman–Crippen MR) is 131 cm³/mol. The van der Waals surface area contributed by atoms with Crippen LogP contribution >= 0.6 is 27.0 Å². The number of ether oxygens (including phenoxy) is 2. The first kappa shape index (κ1) is 26.1. The van der Waals surface area contributed by atoms with E-state index in [4.69, 9.17) is 14.5 Å². The number of nitrogens with one attached hydrogen (secondary N) is 2. The van der Waals surface area contributed by atoms with E-state index >= 15 is 0 Å². The summed E-state index contributed by atoms with van der Waals surface area (Å²) in [5.41, 5.74) is 2.82. The van der Waals surface area contributed by atoms with Crippen LogP contribution in [-0.4, -0.2) is 53.2 Å². The maximum absolute atomic E-state index is 13.3. The summed E-state index contributed by atoms with van der Waals surface area (Å²) in [6.07, 6.45) is 3.28. The summed E-state index contributed by atoms with van der Waals surface area (Å²) in [6.45, 7) is 1.67. The van der Waals surface area contributed by atoms with E-state index < -0.39 is 12.1 Å². The number of benzene rings is 1. The van der Waals surface area contributed by atoms with Gasteiger partial charge < -0.3 is 24.7 Å². The SMILES string of the molecule is COC(=O)N[C@H]1CCCCOCc2[nH]c(nc2-c2ccccc2)[C@@H]2CCCN2C1=O.S.S. The van der Waals surface area contributed by atoms with Gasteiger partial charge in [0, 0.05) is 18.7 Å². The number of methoxy groups -OCH3 is 1. The second-order valence-electron chi connectivity index (χ2n) is 7.74. The van der Waals surface area contributed by atoms with Crippen LogP contribution in [0.5, 0.6) is 0 Å². The molecule has 1 saturated heterocycles. The molecule has 176 valence electrons. The second kappa shape index (κ2) is 12.2. The lowest BCUT2D eigenvalue weighted by molar-refractivity contribution is -0.134. The first-order valence-corrected chi connectivity index (χ1v) is 10.5. The fourth-order valence-electron chi connectivity index (χ4n) is 4.23. The molecule has 3 heterocycles. The minimum Gasteiger partial charge on any atom is -0.453 e. The molecule has 10 heteroatoms. The molecule has 0 spiro atoms. The zero-order chi connectivity index (χ0) is 20.9. The number of imidazole rings is 1. The highest BCUT2D eigenvalue weighted by Crippen LogP contribution is 2.34. The van der Waals surface area contributed by atoms with E-state index in [-0.39, 0.29) is 38.9 Å². The Morgan fingerprint density at radius 3 is 2.72 bits per heavy atom. The molecule has 1 aromatic carbocycles. The highest BCUT2D eigenvalue weighted by molar-refractivity contribution is 7.59. The van der Waals surface area contributed by atoms with Crippen molar-refractivity contribution in [2.24, 2.45) is 0 Å². The summed E-state index contributed by atoms with van der Waals surface area (Å²) in [5, 5.41) is 2.71. The molecule has 2 aliphatic rings. The van der Waals surface area contributed by atoms with E-state index in [1.165, 1.54) is 7.11 Å². The zero-order valence-corrected chi connectivity index (χ0v) is 20.2. The summed E-state index contributed by atoms with van der Waals surface area (Å²) in [6, 6.07) is 9.26. The molecule has 4 rings (SSSR count). The average molecular weight is 481 g/mol. The monoisotopic (exact) mass is 480 g/mol. The summed E-state index contributed by atoms with van der Waals surface area (Å²) in [7, 11) is 1.31. The van der Waals surface area contributed by atoms with Crippen LogP contribution in [0.4, 0.5) is 4.79 Å². The van der Waals surface area contributed by atoms with Crippen LogP contribution in [0, 0.1) is 0 Å². The van der Waals surface area contributed by atoms with Gasteiger partial charge in [-0.3, -0.25) is 4.79 Å². The molecule has 8 nitrogen and oxygen atoms in total. The van der Waals surface area contributed by atoms with Crippen molar-refractivity contribution < 1.29 is 19.1 Å². The van der Waals surface area contributed by atoms with E-state index in [2.05, 4.69) is 10.3 Å². The molecule has 2 N–H and O–H groups in total. The van der Waals surface area contributed by atoms with Gasteiger partial charge in [-0.25, -0.2) is 9.78 Å². The average Bonchev–Trinajstić information content (AvgIpc) is 3.42. The summed E-state index contributed by atoms with van der Waals surface area (Å²) < 4.78 is 10.6. The fraction of sp³-hybridized carbons (Fsp3) is 0.500. The topological polar surface area (TPSA) is 96.6 Å². The number of aromatic nitrogens is 2. The first-order chi connectivity index (χ1) is 14.7. The number of fused-ring (bicyclic) bond motifs is 4. The highest BCUT2D eigenvalue weighted by atomic mass is 32.1. The van der Waals surface area contributed by atoms with Crippen molar-refractivity contribution in [1.29, 1.82) is 0 Å². The minimum atomic E-state index is -0.609. The van der Waals surface area contributed by atoms with Crippen molar-refractivity contribution in [2.75, 3.05) is 20.3 Å². The third-order valence-electron chi connectivity index (χ3n) is 5.75. The molecule has 2 aromatic rings. The lowest BCUT2D eigenvalue weighted by Gasteiger charge is -2.28. The second-order valence-corrected chi connectivity index (χ2v) is 7.74. The number of amides is 2. The number of hydrogen-bond donors (Lipinski definition) is 2.